The minimum absolute atomic E-state index is 0.0642. The maximum absolute atomic E-state index is 12.8. The average Bonchev–Trinajstić information content (AvgIpc) is 3.23. The Labute approximate surface area is 189 Å². The molecule has 4 rings (SSSR count). The van der Waals surface area contributed by atoms with Gasteiger partial charge in [-0.25, -0.2) is 4.63 Å². The maximum atomic E-state index is 12.8. The van der Waals surface area contributed by atoms with Gasteiger partial charge in [0.25, 0.3) is 0 Å². The van der Waals surface area contributed by atoms with Crippen molar-refractivity contribution in [1.82, 2.24) is 25.0 Å². The largest absolute Gasteiger partial charge is 0.342 e. The van der Waals surface area contributed by atoms with Crippen molar-refractivity contribution in [2.45, 2.75) is 45.6 Å². The smallest absolute Gasteiger partial charge is 0.228 e. The van der Waals surface area contributed by atoms with Crippen molar-refractivity contribution < 1.29 is 14.2 Å². The molecule has 0 aliphatic carbocycles. The summed E-state index contributed by atoms with van der Waals surface area (Å²) in [7, 11) is 0. The van der Waals surface area contributed by atoms with Gasteiger partial charge in [0, 0.05) is 52.2 Å². The zero-order valence-corrected chi connectivity index (χ0v) is 18.9. The van der Waals surface area contributed by atoms with Gasteiger partial charge in [-0.15, -0.1) is 0 Å². The number of hydrogen-bond donors (Lipinski definition) is 0. The molecule has 8 heteroatoms. The fraction of sp³-hybridized carbons (Fsp3) is 0.583. The number of likely N-dealkylation sites (tertiary alicyclic amines) is 1. The van der Waals surface area contributed by atoms with Crippen molar-refractivity contribution in [2.24, 2.45) is 5.92 Å². The molecule has 2 saturated heterocycles. The van der Waals surface area contributed by atoms with Crippen LogP contribution >= 0.6 is 0 Å². The second-order valence-electron chi connectivity index (χ2n) is 9.00. The summed E-state index contributed by atoms with van der Waals surface area (Å²) >= 11 is 0. The van der Waals surface area contributed by atoms with Crippen molar-refractivity contribution in [3.63, 3.8) is 0 Å². The van der Waals surface area contributed by atoms with Crippen molar-refractivity contribution in [1.29, 1.82) is 0 Å². The van der Waals surface area contributed by atoms with Crippen molar-refractivity contribution in [3.05, 3.63) is 47.3 Å². The summed E-state index contributed by atoms with van der Waals surface area (Å²) in [4.78, 5) is 31.8. The van der Waals surface area contributed by atoms with E-state index in [-0.39, 0.29) is 18.2 Å². The van der Waals surface area contributed by atoms with E-state index in [1.54, 1.807) is 6.92 Å². The topological polar surface area (TPSA) is 82.8 Å². The number of hydrogen-bond acceptors (Lipinski definition) is 6. The third kappa shape index (κ3) is 5.94. The normalized spacial score (nSPS) is 19.8. The molecule has 0 radical (unpaired) electrons. The highest BCUT2D eigenvalue weighted by Crippen LogP contribution is 2.22. The monoisotopic (exact) mass is 439 g/mol. The lowest BCUT2D eigenvalue weighted by Gasteiger charge is -2.36. The predicted octanol–water partition coefficient (Wildman–Crippen LogP) is 2.28. The summed E-state index contributed by atoms with van der Waals surface area (Å²) in [6.07, 6.45) is 3.70. The van der Waals surface area contributed by atoms with Gasteiger partial charge in [0.1, 0.15) is 11.4 Å². The molecule has 32 heavy (non-hydrogen) atoms. The molecule has 0 spiro atoms. The fourth-order valence-corrected chi connectivity index (χ4v) is 4.67. The lowest BCUT2D eigenvalue weighted by atomic mass is 9.92. The van der Waals surface area contributed by atoms with Crippen molar-refractivity contribution in [3.8, 4) is 0 Å². The molecule has 0 saturated carbocycles. The Bertz CT molecular complexity index is 892. The minimum atomic E-state index is 0.0642. The molecular formula is C24H33N5O3. The van der Waals surface area contributed by atoms with E-state index in [0.717, 1.165) is 65.1 Å². The van der Waals surface area contributed by atoms with Crippen LogP contribution in [0.5, 0.6) is 0 Å². The number of aromatic nitrogens is 2. The Morgan fingerprint density at radius 1 is 1.00 bits per heavy atom. The summed E-state index contributed by atoms with van der Waals surface area (Å²) in [6, 6.07) is 10.5. The Morgan fingerprint density at radius 3 is 2.50 bits per heavy atom. The van der Waals surface area contributed by atoms with Gasteiger partial charge in [-0.2, -0.15) is 0 Å². The maximum Gasteiger partial charge on any atom is 0.228 e. The number of benzene rings is 1. The third-order valence-electron chi connectivity index (χ3n) is 6.68. The molecule has 1 aromatic carbocycles. The Hall–Kier alpha value is -2.74. The molecule has 0 bridgehead atoms. The first-order chi connectivity index (χ1) is 15.6. The summed E-state index contributed by atoms with van der Waals surface area (Å²) in [5.41, 5.74) is 2.60. The zero-order valence-electron chi connectivity index (χ0n) is 18.9. The Kier molecular flexibility index (Phi) is 7.52. The highest BCUT2D eigenvalue weighted by atomic mass is 16.6. The average molecular weight is 440 g/mol. The van der Waals surface area contributed by atoms with E-state index in [9.17, 15) is 9.59 Å². The van der Waals surface area contributed by atoms with Gasteiger partial charge >= 0.3 is 0 Å². The standard InChI is InChI=1S/C24H33N5O3/c1-19-22(26-32-25-19)16-24(31)29-11-5-8-21(18-29)9-10-23(30)28-14-12-27(13-15-28)17-20-6-3-2-4-7-20/h2-4,6-7,21H,5,8-18H2,1H3/t21-/m1/s1. The molecule has 2 fully saturated rings. The summed E-state index contributed by atoms with van der Waals surface area (Å²) in [6.45, 7) is 7.67. The second kappa shape index (κ2) is 10.7. The summed E-state index contributed by atoms with van der Waals surface area (Å²) in [5.74, 6) is 0.694. The van der Waals surface area contributed by atoms with Crippen molar-refractivity contribution in [2.75, 3.05) is 39.3 Å². The molecule has 2 aliphatic heterocycles. The molecule has 172 valence electrons. The number of rotatable bonds is 7. The predicted molar refractivity (Wildman–Crippen MR) is 120 cm³/mol. The van der Waals surface area contributed by atoms with Crippen LogP contribution in [0.15, 0.2) is 35.0 Å². The van der Waals surface area contributed by atoms with E-state index in [1.807, 2.05) is 15.9 Å². The van der Waals surface area contributed by atoms with Gasteiger partial charge in [0.2, 0.25) is 11.8 Å². The number of carbonyl (C=O) groups is 2. The van der Waals surface area contributed by atoms with Crippen LogP contribution in [0, 0.1) is 12.8 Å². The van der Waals surface area contributed by atoms with Crippen LogP contribution in [0.2, 0.25) is 0 Å². The molecule has 0 unspecified atom stereocenters. The minimum Gasteiger partial charge on any atom is -0.342 e. The Balaban J connectivity index is 1.18. The molecule has 0 N–H and O–H groups in total. The molecule has 8 nitrogen and oxygen atoms in total. The number of aryl methyl sites for hydroxylation is 1. The van der Waals surface area contributed by atoms with E-state index in [4.69, 9.17) is 4.63 Å². The van der Waals surface area contributed by atoms with Gasteiger partial charge in [-0.1, -0.05) is 40.6 Å². The van der Waals surface area contributed by atoms with Gasteiger partial charge in [-0.05, 0) is 37.7 Å². The molecular weight excluding hydrogens is 406 g/mol. The van der Waals surface area contributed by atoms with Gasteiger partial charge in [0.15, 0.2) is 0 Å². The second-order valence-corrected chi connectivity index (χ2v) is 9.00. The van der Waals surface area contributed by atoms with Crippen LogP contribution < -0.4 is 0 Å². The van der Waals surface area contributed by atoms with Gasteiger partial charge in [-0.3, -0.25) is 14.5 Å². The van der Waals surface area contributed by atoms with Crippen LogP contribution in [-0.4, -0.2) is 76.1 Å². The highest BCUT2D eigenvalue weighted by molar-refractivity contribution is 5.78. The van der Waals surface area contributed by atoms with E-state index in [0.29, 0.717) is 23.7 Å². The first-order valence-corrected chi connectivity index (χ1v) is 11.7. The molecule has 3 heterocycles. The summed E-state index contributed by atoms with van der Waals surface area (Å²) in [5, 5.41) is 7.57. The van der Waals surface area contributed by atoms with E-state index >= 15 is 0 Å². The first kappa shape index (κ1) is 22.5. The molecule has 2 aromatic rings. The number of piperidine rings is 1. The number of amides is 2. The lowest BCUT2D eigenvalue weighted by Crippen LogP contribution is -2.48. The van der Waals surface area contributed by atoms with Crippen LogP contribution in [0.3, 0.4) is 0 Å². The molecule has 2 aliphatic rings. The van der Waals surface area contributed by atoms with Gasteiger partial charge in [0.05, 0.1) is 6.42 Å². The zero-order chi connectivity index (χ0) is 22.3. The SMILES string of the molecule is Cc1nonc1CC(=O)N1CCC[C@H](CCC(=O)N2CCN(Cc3ccccc3)CC2)C1. The Morgan fingerprint density at radius 2 is 1.78 bits per heavy atom. The molecule has 2 amide bonds. The van der Waals surface area contributed by atoms with E-state index in [1.165, 1.54) is 5.56 Å². The highest BCUT2D eigenvalue weighted by Gasteiger charge is 2.27. The number of piperazine rings is 1. The van der Waals surface area contributed by atoms with Crippen LogP contribution in [0.1, 0.15) is 42.6 Å². The van der Waals surface area contributed by atoms with Crippen molar-refractivity contribution >= 4 is 11.8 Å². The van der Waals surface area contributed by atoms with Crippen LogP contribution in [0.25, 0.3) is 0 Å². The van der Waals surface area contributed by atoms with Crippen LogP contribution in [0.4, 0.5) is 0 Å². The third-order valence-corrected chi connectivity index (χ3v) is 6.68. The van der Waals surface area contributed by atoms with E-state index < -0.39 is 0 Å². The number of carbonyl (C=O) groups excluding carboxylic acids is 2. The molecule has 1 atom stereocenters. The van der Waals surface area contributed by atoms with E-state index in [2.05, 4.69) is 39.5 Å². The summed E-state index contributed by atoms with van der Waals surface area (Å²) < 4.78 is 4.70. The van der Waals surface area contributed by atoms with Crippen LogP contribution in [-0.2, 0) is 22.6 Å². The quantitative estimate of drug-likeness (QED) is 0.658. The first-order valence-electron chi connectivity index (χ1n) is 11.7. The number of nitrogens with zero attached hydrogens (tertiary/aromatic N) is 5. The molecule has 1 aromatic heterocycles. The lowest BCUT2D eigenvalue weighted by molar-refractivity contribution is -0.133. The fourth-order valence-electron chi connectivity index (χ4n) is 4.67. The van der Waals surface area contributed by atoms with Gasteiger partial charge < -0.3 is 9.80 Å².